The zero-order valence-electron chi connectivity index (χ0n) is 8.53. The van der Waals surface area contributed by atoms with Gasteiger partial charge in [-0.2, -0.15) is 0 Å². The number of nitrogens with zero attached hydrogens (tertiary/aromatic N) is 1. The molecule has 14 heavy (non-hydrogen) atoms. The van der Waals surface area contributed by atoms with E-state index < -0.39 is 0 Å². The van der Waals surface area contributed by atoms with Crippen molar-refractivity contribution < 1.29 is 9.53 Å². The Labute approximate surface area is 90.4 Å². The van der Waals surface area contributed by atoms with E-state index >= 15 is 0 Å². The summed E-state index contributed by atoms with van der Waals surface area (Å²) in [5.41, 5.74) is 0. The van der Waals surface area contributed by atoms with Gasteiger partial charge in [0, 0.05) is 26.6 Å². The average molecular weight is 221 g/mol. The number of carbonyl (C=O) groups excluding carboxylic acids is 1. The van der Waals surface area contributed by atoms with Crippen molar-refractivity contribution in [3.63, 3.8) is 0 Å². The molecule has 2 fully saturated rings. The Balaban J connectivity index is 0.000000980. The maximum Gasteiger partial charge on any atom is 0.251 e. The predicted molar refractivity (Wildman–Crippen MR) is 55.6 cm³/mol. The van der Waals surface area contributed by atoms with E-state index in [1.807, 2.05) is 0 Å². The molecule has 0 saturated carbocycles. The summed E-state index contributed by atoms with van der Waals surface area (Å²) in [6.45, 7) is 1.03. The Morgan fingerprint density at radius 1 is 1.50 bits per heavy atom. The third kappa shape index (κ3) is 2.02. The molecule has 0 unspecified atom stereocenters. The highest BCUT2D eigenvalue weighted by Gasteiger charge is 2.41. The maximum absolute atomic E-state index is 11.5. The van der Waals surface area contributed by atoms with Gasteiger partial charge < -0.3 is 15.0 Å². The molecule has 2 heterocycles. The Morgan fingerprint density at radius 3 is 2.79 bits per heavy atom. The molecule has 2 rings (SSSR count). The van der Waals surface area contributed by atoms with Crippen LogP contribution < -0.4 is 5.32 Å². The van der Waals surface area contributed by atoms with Gasteiger partial charge in [0.25, 0.3) is 5.91 Å². The standard InChI is InChI=1S/C9H16N2O2.ClH/c1-11(2)9(12)8-5-6-7(13-8)3-4-10-6;/h6-8,10H,3-5H2,1-2H3;1H/t6-,7-,8-;/m1./s1. The number of fused-ring (bicyclic) bond motifs is 1. The second-order valence-corrected chi connectivity index (χ2v) is 3.98. The van der Waals surface area contributed by atoms with E-state index in [2.05, 4.69) is 5.32 Å². The molecule has 5 heteroatoms. The molecule has 2 saturated heterocycles. The van der Waals surface area contributed by atoms with Crippen molar-refractivity contribution in [1.29, 1.82) is 0 Å². The van der Waals surface area contributed by atoms with Crippen molar-refractivity contribution in [1.82, 2.24) is 10.2 Å². The van der Waals surface area contributed by atoms with Crippen LogP contribution in [-0.2, 0) is 9.53 Å². The van der Waals surface area contributed by atoms with Gasteiger partial charge in [0.1, 0.15) is 6.10 Å². The maximum atomic E-state index is 11.5. The first-order chi connectivity index (χ1) is 6.18. The van der Waals surface area contributed by atoms with Crippen molar-refractivity contribution in [3.8, 4) is 0 Å². The minimum absolute atomic E-state index is 0. The van der Waals surface area contributed by atoms with Gasteiger partial charge >= 0.3 is 0 Å². The Bertz CT molecular complexity index is 211. The predicted octanol–water partition coefficient (Wildman–Crippen LogP) is 0.0158. The van der Waals surface area contributed by atoms with Gasteiger partial charge in [-0.05, 0) is 13.0 Å². The van der Waals surface area contributed by atoms with Gasteiger partial charge in [0.05, 0.1) is 6.10 Å². The first-order valence-corrected chi connectivity index (χ1v) is 4.78. The number of ether oxygens (including phenoxy) is 1. The summed E-state index contributed by atoms with van der Waals surface area (Å²) in [7, 11) is 3.54. The normalized spacial score (nSPS) is 34.9. The number of hydrogen-bond acceptors (Lipinski definition) is 3. The first kappa shape index (κ1) is 11.8. The second kappa shape index (κ2) is 4.47. The lowest BCUT2D eigenvalue weighted by Crippen LogP contribution is -2.34. The summed E-state index contributed by atoms with van der Waals surface area (Å²) in [6, 6.07) is 0.411. The zero-order valence-corrected chi connectivity index (χ0v) is 9.34. The fourth-order valence-electron chi connectivity index (χ4n) is 2.09. The van der Waals surface area contributed by atoms with Crippen LogP contribution in [0.2, 0.25) is 0 Å². The van der Waals surface area contributed by atoms with Crippen LogP contribution in [0.4, 0.5) is 0 Å². The van der Waals surface area contributed by atoms with Crippen molar-refractivity contribution in [2.24, 2.45) is 0 Å². The number of hydrogen-bond donors (Lipinski definition) is 1. The Hall–Kier alpha value is -0.320. The molecule has 0 aliphatic carbocycles. The first-order valence-electron chi connectivity index (χ1n) is 4.78. The van der Waals surface area contributed by atoms with Crippen LogP contribution in [0.15, 0.2) is 0 Å². The highest BCUT2D eigenvalue weighted by atomic mass is 35.5. The molecule has 0 aromatic carbocycles. The van der Waals surface area contributed by atoms with Crippen molar-refractivity contribution in [2.75, 3.05) is 20.6 Å². The Kier molecular flexibility index (Phi) is 3.75. The molecule has 82 valence electrons. The van der Waals surface area contributed by atoms with Crippen LogP contribution in [0, 0.1) is 0 Å². The molecule has 3 atom stereocenters. The lowest BCUT2D eigenvalue weighted by atomic mass is 10.1. The minimum Gasteiger partial charge on any atom is -0.363 e. The highest BCUT2D eigenvalue weighted by Crippen LogP contribution is 2.27. The van der Waals surface area contributed by atoms with E-state index in [9.17, 15) is 4.79 Å². The molecule has 0 aromatic heterocycles. The third-order valence-electron chi connectivity index (χ3n) is 2.81. The minimum atomic E-state index is -0.210. The molecule has 0 aromatic rings. The fraction of sp³-hybridized carbons (Fsp3) is 0.889. The van der Waals surface area contributed by atoms with Gasteiger partial charge in [0.15, 0.2) is 0 Å². The number of halogens is 1. The lowest BCUT2D eigenvalue weighted by molar-refractivity contribution is -0.140. The van der Waals surface area contributed by atoms with Gasteiger partial charge in [-0.1, -0.05) is 0 Å². The van der Waals surface area contributed by atoms with E-state index in [-0.39, 0.29) is 30.5 Å². The largest absolute Gasteiger partial charge is 0.363 e. The Morgan fingerprint density at radius 2 is 2.21 bits per heavy atom. The molecule has 4 nitrogen and oxygen atoms in total. The summed E-state index contributed by atoms with van der Waals surface area (Å²) in [6.07, 6.45) is 1.94. The number of amides is 1. The van der Waals surface area contributed by atoms with Crippen LogP contribution in [0.1, 0.15) is 12.8 Å². The molecular formula is C9H17ClN2O2. The third-order valence-corrected chi connectivity index (χ3v) is 2.81. The van der Waals surface area contributed by atoms with E-state index in [4.69, 9.17) is 4.74 Å². The van der Waals surface area contributed by atoms with E-state index in [0.717, 1.165) is 19.4 Å². The second-order valence-electron chi connectivity index (χ2n) is 3.98. The van der Waals surface area contributed by atoms with E-state index in [1.165, 1.54) is 0 Å². The van der Waals surface area contributed by atoms with Gasteiger partial charge in [-0.15, -0.1) is 12.4 Å². The SMILES string of the molecule is CN(C)C(=O)[C@H]1C[C@H]2NCC[C@H]2O1.Cl. The molecule has 0 spiro atoms. The summed E-state index contributed by atoms with van der Waals surface area (Å²) < 4.78 is 5.65. The van der Waals surface area contributed by atoms with Crippen molar-refractivity contribution >= 4 is 18.3 Å². The topological polar surface area (TPSA) is 41.6 Å². The summed E-state index contributed by atoms with van der Waals surface area (Å²) in [4.78, 5) is 13.2. The average Bonchev–Trinajstić information content (AvgIpc) is 2.59. The van der Waals surface area contributed by atoms with Crippen LogP contribution in [0.25, 0.3) is 0 Å². The molecule has 0 radical (unpaired) electrons. The van der Waals surface area contributed by atoms with Gasteiger partial charge in [-0.25, -0.2) is 0 Å². The number of carbonyl (C=O) groups is 1. The quantitative estimate of drug-likeness (QED) is 0.677. The lowest BCUT2D eigenvalue weighted by Gasteiger charge is -2.16. The monoisotopic (exact) mass is 220 g/mol. The zero-order chi connectivity index (χ0) is 9.42. The van der Waals surface area contributed by atoms with E-state index in [0.29, 0.717) is 6.04 Å². The fourth-order valence-corrected chi connectivity index (χ4v) is 2.09. The van der Waals surface area contributed by atoms with Crippen LogP contribution in [-0.4, -0.2) is 49.7 Å². The molecule has 2 aliphatic rings. The molecule has 0 bridgehead atoms. The van der Waals surface area contributed by atoms with Gasteiger partial charge in [-0.3, -0.25) is 4.79 Å². The van der Waals surface area contributed by atoms with Gasteiger partial charge in [0.2, 0.25) is 0 Å². The van der Waals surface area contributed by atoms with Crippen molar-refractivity contribution in [3.05, 3.63) is 0 Å². The van der Waals surface area contributed by atoms with Crippen molar-refractivity contribution in [2.45, 2.75) is 31.1 Å². The molecular weight excluding hydrogens is 204 g/mol. The van der Waals surface area contributed by atoms with Crippen LogP contribution in [0.5, 0.6) is 0 Å². The number of rotatable bonds is 1. The van der Waals surface area contributed by atoms with E-state index in [1.54, 1.807) is 19.0 Å². The molecule has 1 amide bonds. The molecule has 2 aliphatic heterocycles. The summed E-state index contributed by atoms with van der Waals surface area (Å²) in [5, 5.41) is 3.35. The van der Waals surface area contributed by atoms with Crippen LogP contribution in [0.3, 0.4) is 0 Å². The van der Waals surface area contributed by atoms with Crippen LogP contribution >= 0.6 is 12.4 Å². The summed E-state index contributed by atoms with van der Waals surface area (Å²) >= 11 is 0. The number of nitrogens with one attached hydrogen (secondary N) is 1. The highest BCUT2D eigenvalue weighted by molar-refractivity contribution is 5.85. The number of likely N-dealkylation sites (N-methyl/N-ethyl adjacent to an activating group) is 1. The smallest absolute Gasteiger partial charge is 0.251 e. The molecule has 1 N–H and O–H groups in total. The summed E-state index contributed by atoms with van der Waals surface area (Å²) in [5.74, 6) is 0.0937.